The van der Waals surface area contributed by atoms with Crippen LogP contribution in [0.3, 0.4) is 0 Å². The van der Waals surface area contributed by atoms with Gasteiger partial charge in [-0.15, -0.1) is 0 Å². The van der Waals surface area contributed by atoms with E-state index < -0.39 is 0 Å². The Morgan fingerprint density at radius 1 is 1.15 bits per heavy atom. The average molecular weight is 292 g/mol. The molecule has 0 spiro atoms. The highest BCUT2D eigenvalue weighted by Crippen LogP contribution is 2.11. The highest BCUT2D eigenvalue weighted by Gasteiger charge is 2.00. The molecule has 2 aromatic rings. The topological polar surface area (TPSA) is 29.9 Å². The molecule has 0 bridgehead atoms. The molecule has 0 saturated carbocycles. The van der Waals surface area contributed by atoms with Gasteiger partial charge >= 0.3 is 0 Å². The number of hydrogen-bond donors (Lipinski definition) is 1. The summed E-state index contributed by atoms with van der Waals surface area (Å²) in [5, 5.41) is 8.60. The van der Waals surface area contributed by atoms with E-state index in [2.05, 4.69) is 23.5 Å². The second-order valence-corrected chi connectivity index (χ2v) is 5.46. The molecule has 0 radical (unpaired) electrons. The fraction of sp³-hybridized carbons (Fsp3) is 0.438. The van der Waals surface area contributed by atoms with E-state index >= 15 is 0 Å². The van der Waals surface area contributed by atoms with Crippen LogP contribution in [0.25, 0.3) is 0 Å². The SMILES string of the molecule is CCCNCCCc1cnn(Cc2ccc(Cl)cc2)c1. The molecule has 0 fully saturated rings. The Hall–Kier alpha value is -1.32. The van der Waals surface area contributed by atoms with E-state index in [0.29, 0.717) is 0 Å². The summed E-state index contributed by atoms with van der Waals surface area (Å²) in [7, 11) is 0. The second-order valence-electron chi connectivity index (χ2n) is 5.03. The first-order valence-corrected chi connectivity index (χ1v) is 7.62. The van der Waals surface area contributed by atoms with Crippen LogP contribution in [0.2, 0.25) is 5.02 Å². The van der Waals surface area contributed by atoms with Crippen LogP contribution in [-0.2, 0) is 13.0 Å². The summed E-state index contributed by atoms with van der Waals surface area (Å²) in [5.74, 6) is 0. The largest absolute Gasteiger partial charge is 0.317 e. The van der Waals surface area contributed by atoms with Gasteiger partial charge in [0.1, 0.15) is 0 Å². The summed E-state index contributed by atoms with van der Waals surface area (Å²) in [6, 6.07) is 7.91. The van der Waals surface area contributed by atoms with Crippen LogP contribution >= 0.6 is 11.6 Å². The van der Waals surface area contributed by atoms with Crippen molar-refractivity contribution in [3.8, 4) is 0 Å². The van der Waals surface area contributed by atoms with Gasteiger partial charge in [-0.25, -0.2) is 0 Å². The van der Waals surface area contributed by atoms with E-state index in [9.17, 15) is 0 Å². The minimum Gasteiger partial charge on any atom is -0.317 e. The Labute approximate surface area is 126 Å². The normalized spacial score (nSPS) is 10.9. The van der Waals surface area contributed by atoms with Crippen LogP contribution in [0.4, 0.5) is 0 Å². The van der Waals surface area contributed by atoms with Crippen molar-refractivity contribution in [1.29, 1.82) is 0 Å². The van der Waals surface area contributed by atoms with Gasteiger partial charge < -0.3 is 5.32 Å². The summed E-state index contributed by atoms with van der Waals surface area (Å²) in [6.45, 7) is 5.17. The zero-order valence-electron chi connectivity index (χ0n) is 12.0. The van der Waals surface area contributed by atoms with E-state index in [4.69, 9.17) is 11.6 Å². The van der Waals surface area contributed by atoms with Crippen molar-refractivity contribution in [2.24, 2.45) is 0 Å². The number of aryl methyl sites for hydroxylation is 1. The lowest BCUT2D eigenvalue weighted by Crippen LogP contribution is -2.16. The molecule has 1 N–H and O–H groups in total. The van der Waals surface area contributed by atoms with Crippen molar-refractivity contribution >= 4 is 11.6 Å². The number of rotatable bonds is 8. The third-order valence-corrected chi connectivity index (χ3v) is 3.44. The predicted molar refractivity (Wildman–Crippen MR) is 84.3 cm³/mol. The minimum absolute atomic E-state index is 0.773. The lowest BCUT2D eigenvalue weighted by Gasteiger charge is -2.02. The molecule has 0 aliphatic rings. The number of aromatic nitrogens is 2. The molecule has 3 nitrogen and oxygen atoms in total. The average Bonchev–Trinajstić information content (AvgIpc) is 2.89. The smallest absolute Gasteiger partial charge is 0.0659 e. The Morgan fingerprint density at radius 2 is 1.95 bits per heavy atom. The summed E-state index contributed by atoms with van der Waals surface area (Å²) in [4.78, 5) is 0. The van der Waals surface area contributed by atoms with Crippen molar-refractivity contribution in [3.05, 3.63) is 52.8 Å². The minimum atomic E-state index is 0.773. The molecule has 0 amide bonds. The highest BCUT2D eigenvalue weighted by molar-refractivity contribution is 6.30. The first kappa shape index (κ1) is 15.1. The Bertz CT molecular complexity index is 505. The van der Waals surface area contributed by atoms with Gasteiger partial charge in [0, 0.05) is 11.2 Å². The number of nitrogens with zero attached hydrogens (tertiary/aromatic N) is 2. The van der Waals surface area contributed by atoms with Gasteiger partial charge in [-0.3, -0.25) is 4.68 Å². The van der Waals surface area contributed by atoms with Gasteiger partial charge in [0.25, 0.3) is 0 Å². The standard InChI is InChI=1S/C16H22ClN3/c1-2-9-18-10-3-4-15-11-19-20(13-15)12-14-5-7-16(17)8-6-14/h5-8,11,13,18H,2-4,9-10,12H2,1H3. The van der Waals surface area contributed by atoms with Gasteiger partial charge in [0.15, 0.2) is 0 Å². The van der Waals surface area contributed by atoms with E-state index in [-0.39, 0.29) is 0 Å². The van der Waals surface area contributed by atoms with E-state index in [1.165, 1.54) is 17.5 Å². The van der Waals surface area contributed by atoms with Crippen LogP contribution in [0, 0.1) is 0 Å². The molecular weight excluding hydrogens is 270 g/mol. The molecule has 0 aliphatic heterocycles. The molecule has 1 heterocycles. The zero-order chi connectivity index (χ0) is 14.2. The number of halogens is 1. The molecule has 0 saturated heterocycles. The van der Waals surface area contributed by atoms with Crippen molar-refractivity contribution in [3.63, 3.8) is 0 Å². The molecule has 1 aromatic heterocycles. The molecule has 4 heteroatoms. The lowest BCUT2D eigenvalue weighted by atomic mass is 10.2. The van der Waals surface area contributed by atoms with Gasteiger partial charge in [-0.1, -0.05) is 30.7 Å². The monoisotopic (exact) mass is 291 g/mol. The molecule has 0 atom stereocenters. The summed E-state index contributed by atoms with van der Waals surface area (Å²) >= 11 is 5.88. The maximum absolute atomic E-state index is 5.88. The van der Waals surface area contributed by atoms with Crippen LogP contribution in [-0.4, -0.2) is 22.9 Å². The van der Waals surface area contributed by atoms with Crippen molar-refractivity contribution in [2.45, 2.75) is 32.7 Å². The summed E-state index contributed by atoms with van der Waals surface area (Å²) in [6.07, 6.45) is 7.53. The van der Waals surface area contributed by atoms with Crippen molar-refractivity contribution in [1.82, 2.24) is 15.1 Å². The second kappa shape index (κ2) is 8.08. The number of benzene rings is 1. The summed E-state index contributed by atoms with van der Waals surface area (Å²) in [5.41, 5.74) is 2.52. The molecule has 20 heavy (non-hydrogen) atoms. The van der Waals surface area contributed by atoms with Crippen LogP contribution in [0.5, 0.6) is 0 Å². The van der Waals surface area contributed by atoms with E-state index in [0.717, 1.165) is 37.5 Å². The lowest BCUT2D eigenvalue weighted by molar-refractivity contribution is 0.639. The van der Waals surface area contributed by atoms with E-state index in [1.54, 1.807) is 0 Å². The van der Waals surface area contributed by atoms with Gasteiger partial charge in [-0.2, -0.15) is 5.10 Å². The maximum atomic E-state index is 5.88. The molecule has 0 unspecified atom stereocenters. The summed E-state index contributed by atoms with van der Waals surface area (Å²) < 4.78 is 1.98. The van der Waals surface area contributed by atoms with Gasteiger partial charge in [-0.05, 0) is 55.6 Å². The van der Waals surface area contributed by atoms with Gasteiger partial charge in [0.05, 0.1) is 12.7 Å². The molecule has 1 aromatic carbocycles. The molecule has 2 rings (SSSR count). The highest BCUT2D eigenvalue weighted by atomic mass is 35.5. The fourth-order valence-corrected chi connectivity index (χ4v) is 2.24. The molecule has 108 valence electrons. The Morgan fingerprint density at radius 3 is 2.70 bits per heavy atom. The Kier molecular flexibility index (Phi) is 6.09. The van der Waals surface area contributed by atoms with Crippen LogP contribution in [0.1, 0.15) is 30.9 Å². The quantitative estimate of drug-likeness (QED) is 0.754. The van der Waals surface area contributed by atoms with Gasteiger partial charge in [0.2, 0.25) is 0 Å². The molecule has 0 aliphatic carbocycles. The maximum Gasteiger partial charge on any atom is 0.0659 e. The number of nitrogens with one attached hydrogen (secondary N) is 1. The first-order chi connectivity index (χ1) is 9.78. The fourth-order valence-electron chi connectivity index (χ4n) is 2.12. The van der Waals surface area contributed by atoms with Crippen LogP contribution in [0.15, 0.2) is 36.7 Å². The third-order valence-electron chi connectivity index (χ3n) is 3.19. The molecular formula is C16H22ClN3. The van der Waals surface area contributed by atoms with E-state index in [1.807, 2.05) is 35.1 Å². The third kappa shape index (κ3) is 4.99. The Balaban J connectivity index is 1.78. The number of hydrogen-bond acceptors (Lipinski definition) is 2. The van der Waals surface area contributed by atoms with Crippen molar-refractivity contribution < 1.29 is 0 Å². The van der Waals surface area contributed by atoms with Crippen LogP contribution < -0.4 is 5.32 Å². The zero-order valence-corrected chi connectivity index (χ0v) is 12.7. The first-order valence-electron chi connectivity index (χ1n) is 7.24. The predicted octanol–water partition coefficient (Wildman–Crippen LogP) is 3.52. The van der Waals surface area contributed by atoms with Crippen molar-refractivity contribution in [2.75, 3.05) is 13.1 Å².